The standard InChI is InChI=1S/C16H19N5O/c1-12-11-18-13(2)15(19-12)20-7-9-21(10-8-20)16(22)14-5-3-4-6-17-14/h3-6,11H,7-10H2,1-2H3. The molecule has 0 saturated carbocycles. The lowest BCUT2D eigenvalue weighted by Crippen LogP contribution is -2.49. The molecule has 2 aromatic heterocycles. The fraction of sp³-hybridized carbons (Fsp3) is 0.375. The molecule has 0 aliphatic carbocycles. The van der Waals surface area contributed by atoms with Crippen molar-refractivity contribution < 1.29 is 4.79 Å². The summed E-state index contributed by atoms with van der Waals surface area (Å²) in [6.45, 7) is 6.77. The van der Waals surface area contributed by atoms with Crippen LogP contribution in [0.1, 0.15) is 21.9 Å². The summed E-state index contributed by atoms with van der Waals surface area (Å²) in [6.07, 6.45) is 3.43. The van der Waals surface area contributed by atoms with Crippen LogP contribution in [0.5, 0.6) is 0 Å². The third-order valence-electron chi connectivity index (χ3n) is 3.80. The molecule has 6 nitrogen and oxygen atoms in total. The predicted octanol–water partition coefficient (Wildman–Crippen LogP) is 1.45. The maximum atomic E-state index is 12.4. The highest BCUT2D eigenvalue weighted by Gasteiger charge is 2.24. The van der Waals surface area contributed by atoms with Gasteiger partial charge in [-0.05, 0) is 26.0 Å². The molecule has 6 heteroatoms. The van der Waals surface area contributed by atoms with Crippen molar-refractivity contribution in [2.24, 2.45) is 0 Å². The number of piperazine rings is 1. The number of hydrogen-bond acceptors (Lipinski definition) is 5. The Kier molecular flexibility index (Phi) is 4.00. The lowest BCUT2D eigenvalue weighted by atomic mass is 10.2. The summed E-state index contributed by atoms with van der Waals surface area (Å²) in [5.74, 6) is 0.914. The zero-order valence-electron chi connectivity index (χ0n) is 12.9. The average molecular weight is 297 g/mol. The molecule has 3 rings (SSSR count). The molecular weight excluding hydrogens is 278 g/mol. The molecular formula is C16H19N5O. The Morgan fingerprint density at radius 1 is 1.09 bits per heavy atom. The normalized spacial score (nSPS) is 15.0. The fourth-order valence-corrected chi connectivity index (χ4v) is 2.60. The Bertz CT molecular complexity index is 665. The highest BCUT2D eigenvalue weighted by molar-refractivity contribution is 5.92. The van der Waals surface area contributed by atoms with Gasteiger partial charge in [-0.15, -0.1) is 0 Å². The van der Waals surface area contributed by atoms with Gasteiger partial charge in [0, 0.05) is 38.6 Å². The van der Waals surface area contributed by atoms with Crippen LogP contribution in [0.25, 0.3) is 0 Å². The van der Waals surface area contributed by atoms with Gasteiger partial charge in [0.25, 0.3) is 5.91 Å². The number of rotatable bonds is 2. The first-order valence-electron chi connectivity index (χ1n) is 7.40. The van der Waals surface area contributed by atoms with Crippen LogP contribution in [0.15, 0.2) is 30.6 Å². The van der Waals surface area contributed by atoms with Gasteiger partial charge in [0.2, 0.25) is 0 Å². The Morgan fingerprint density at radius 3 is 2.55 bits per heavy atom. The zero-order chi connectivity index (χ0) is 15.5. The van der Waals surface area contributed by atoms with E-state index in [0.29, 0.717) is 18.8 Å². The summed E-state index contributed by atoms with van der Waals surface area (Å²) < 4.78 is 0. The van der Waals surface area contributed by atoms with Gasteiger partial charge in [-0.25, -0.2) is 4.98 Å². The largest absolute Gasteiger partial charge is 0.352 e. The van der Waals surface area contributed by atoms with Crippen molar-refractivity contribution in [3.63, 3.8) is 0 Å². The van der Waals surface area contributed by atoms with E-state index in [1.165, 1.54) is 0 Å². The maximum absolute atomic E-state index is 12.4. The summed E-state index contributed by atoms with van der Waals surface area (Å²) in [7, 11) is 0. The van der Waals surface area contributed by atoms with Gasteiger partial charge in [-0.2, -0.15) is 0 Å². The highest BCUT2D eigenvalue weighted by atomic mass is 16.2. The molecule has 0 bridgehead atoms. The van der Waals surface area contributed by atoms with E-state index in [0.717, 1.165) is 30.3 Å². The third-order valence-corrected chi connectivity index (χ3v) is 3.80. The molecule has 0 N–H and O–H groups in total. The SMILES string of the molecule is Cc1cnc(C)c(N2CCN(C(=O)c3ccccn3)CC2)n1. The molecule has 0 spiro atoms. The van der Waals surface area contributed by atoms with E-state index in [-0.39, 0.29) is 5.91 Å². The van der Waals surface area contributed by atoms with Gasteiger partial charge in [-0.1, -0.05) is 6.07 Å². The number of pyridine rings is 1. The second kappa shape index (κ2) is 6.09. The van der Waals surface area contributed by atoms with Crippen molar-refractivity contribution in [3.05, 3.63) is 47.7 Å². The van der Waals surface area contributed by atoms with E-state index in [4.69, 9.17) is 0 Å². The second-order valence-electron chi connectivity index (χ2n) is 5.41. The monoisotopic (exact) mass is 297 g/mol. The molecule has 1 fully saturated rings. The van der Waals surface area contributed by atoms with Gasteiger partial charge < -0.3 is 9.80 Å². The molecule has 1 amide bonds. The van der Waals surface area contributed by atoms with E-state index in [1.54, 1.807) is 18.5 Å². The Labute approximate surface area is 129 Å². The number of aryl methyl sites for hydroxylation is 2. The number of carbonyl (C=O) groups is 1. The zero-order valence-corrected chi connectivity index (χ0v) is 12.9. The van der Waals surface area contributed by atoms with E-state index in [9.17, 15) is 4.79 Å². The van der Waals surface area contributed by atoms with Crippen LogP contribution in [-0.4, -0.2) is 51.9 Å². The first kappa shape index (κ1) is 14.4. The van der Waals surface area contributed by atoms with Crippen molar-refractivity contribution >= 4 is 11.7 Å². The van der Waals surface area contributed by atoms with Crippen molar-refractivity contribution in [1.29, 1.82) is 0 Å². The molecule has 0 radical (unpaired) electrons. The van der Waals surface area contributed by atoms with Gasteiger partial charge in [0.05, 0.1) is 11.4 Å². The van der Waals surface area contributed by atoms with Crippen LogP contribution in [-0.2, 0) is 0 Å². The molecule has 3 heterocycles. The van der Waals surface area contributed by atoms with Crippen LogP contribution in [0.2, 0.25) is 0 Å². The van der Waals surface area contributed by atoms with Gasteiger partial charge in [0.1, 0.15) is 11.5 Å². The van der Waals surface area contributed by atoms with Crippen molar-refractivity contribution in [1.82, 2.24) is 19.9 Å². The molecule has 2 aromatic rings. The van der Waals surface area contributed by atoms with Crippen molar-refractivity contribution in [3.8, 4) is 0 Å². The molecule has 114 valence electrons. The van der Waals surface area contributed by atoms with E-state index < -0.39 is 0 Å². The van der Waals surface area contributed by atoms with Crippen molar-refractivity contribution in [2.75, 3.05) is 31.1 Å². The number of hydrogen-bond donors (Lipinski definition) is 0. The quantitative estimate of drug-likeness (QED) is 0.839. The van der Waals surface area contributed by atoms with Gasteiger partial charge in [0.15, 0.2) is 0 Å². The summed E-state index contributed by atoms with van der Waals surface area (Å²) in [4.78, 5) is 29.5. The third kappa shape index (κ3) is 2.90. The molecule has 1 aliphatic rings. The second-order valence-corrected chi connectivity index (χ2v) is 5.41. The Balaban J connectivity index is 1.68. The van der Waals surface area contributed by atoms with Gasteiger partial charge >= 0.3 is 0 Å². The summed E-state index contributed by atoms with van der Waals surface area (Å²) >= 11 is 0. The van der Waals surface area contributed by atoms with Crippen LogP contribution >= 0.6 is 0 Å². The lowest BCUT2D eigenvalue weighted by Gasteiger charge is -2.35. The minimum absolute atomic E-state index is 0.00713. The minimum Gasteiger partial charge on any atom is -0.352 e. The Hall–Kier alpha value is -2.50. The number of carbonyl (C=O) groups excluding carboxylic acids is 1. The first-order valence-corrected chi connectivity index (χ1v) is 7.40. The minimum atomic E-state index is -0.00713. The Morgan fingerprint density at radius 2 is 1.86 bits per heavy atom. The fourth-order valence-electron chi connectivity index (χ4n) is 2.60. The van der Waals surface area contributed by atoms with Crippen LogP contribution in [0.4, 0.5) is 5.82 Å². The summed E-state index contributed by atoms with van der Waals surface area (Å²) in [5, 5.41) is 0. The van der Waals surface area contributed by atoms with Crippen LogP contribution < -0.4 is 4.90 Å². The highest BCUT2D eigenvalue weighted by Crippen LogP contribution is 2.18. The number of anilines is 1. The maximum Gasteiger partial charge on any atom is 0.272 e. The average Bonchev–Trinajstić information content (AvgIpc) is 2.57. The smallest absolute Gasteiger partial charge is 0.272 e. The number of nitrogens with zero attached hydrogens (tertiary/aromatic N) is 5. The van der Waals surface area contributed by atoms with Crippen molar-refractivity contribution in [2.45, 2.75) is 13.8 Å². The van der Waals surface area contributed by atoms with E-state index in [2.05, 4.69) is 19.9 Å². The molecule has 22 heavy (non-hydrogen) atoms. The molecule has 1 aliphatic heterocycles. The number of aromatic nitrogens is 3. The lowest BCUT2D eigenvalue weighted by molar-refractivity contribution is 0.0740. The van der Waals surface area contributed by atoms with Crippen LogP contribution in [0, 0.1) is 13.8 Å². The molecule has 0 unspecified atom stereocenters. The summed E-state index contributed by atoms with van der Waals surface area (Å²) in [5.41, 5.74) is 2.34. The van der Waals surface area contributed by atoms with Crippen LogP contribution in [0.3, 0.4) is 0 Å². The van der Waals surface area contributed by atoms with Gasteiger partial charge in [-0.3, -0.25) is 14.8 Å². The van der Waals surface area contributed by atoms with E-state index >= 15 is 0 Å². The molecule has 0 atom stereocenters. The topological polar surface area (TPSA) is 62.2 Å². The number of amides is 1. The molecule has 0 aromatic carbocycles. The summed E-state index contributed by atoms with van der Waals surface area (Å²) in [6, 6.07) is 5.40. The van der Waals surface area contributed by atoms with E-state index in [1.807, 2.05) is 30.9 Å². The predicted molar refractivity (Wildman–Crippen MR) is 83.9 cm³/mol. The molecule has 1 saturated heterocycles. The first-order chi connectivity index (χ1) is 10.6.